The Kier molecular flexibility index (Phi) is 10.8. The second kappa shape index (κ2) is 13.8. The Morgan fingerprint density at radius 3 is 2.20 bits per heavy atom. The zero-order chi connectivity index (χ0) is 29.4. The van der Waals surface area contributed by atoms with Crippen LogP contribution in [0.4, 0.5) is 5.69 Å². The summed E-state index contributed by atoms with van der Waals surface area (Å²) in [4.78, 5) is 28.3. The van der Waals surface area contributed by atoms with Gasteiger partial charge in [0.1, 0.15) is 18.3 Å². The molecule has 0 fully saturated rings. The van der Waals surface area contributed by atoms with E-state index in [4.69, 9.17) is 4.74 Å². The van der Waals surface area contributed by atoms with E-state index in [-0.39, 0.29) is 23.4 Å². The monoisotopic (exact) mass is 629 g/mol. The Morgan fingerprint density at radius 1 is 0.975 bits per heavy atom. The molecule has 3 aromatic rings. The minimum Gasteiger partial charge on any atom is -0.496 e. The number of halogens is 1. The maximum atomic E-state index is 14.0. The lowest BCUT2D eigenvalue weighted by atomic mass is 10.1. The van der Waals surface area contributed by atoms with Gasteiger partial charge in [-0.05, 0) is 85.9 Å². The Labute approximate surface area is 245 Å². The lowest BCUT2D eigenvalue weighted by Crippen LogP contribution is -2.53. The summed E-state index contributed by atoms with van der Waals surface area (Å²) in [5, 5.41) is 2.86. The SMILES string of the molecule is COc1ccc(S(=O)(=O)N(CC(=O)N(CCc2ccccc2)C(C)C(=O)NC(C)C)c2ccc(C)cc2)cc1Br. The van der Waals surface area contributed by atoms with Crippen molar-refractivity contribution < 1.29 is 22.7 Å². The molecule has 214 valence electrons. The predicted octanol–water partition coefficient (Wildman–Crippen LogP) is 4.95. The third kappa shape index (κ3) is 7.85. The molecule has 0 aliphatic carbocycles. The minimum absolute atomic E-state index is 0.00464. The number of amides is 2. The molecule has 0 saturated heterocycles. The number of ether oxygens (including phenoxy) is 1. The predicted molar refractivity (Wildman–Crippen MR) is 161 cm³/mol. The number of hydrogen-bond acceptors (Lipinski definition) is 5. The van der Waals surface area contributed by atoms with Crippen LogP contribution in [0.1, 0.15) is 31.9 Å². The van der Waals surface area contributed by atoms with Gasteiger partial charge in [-0.1, -0.05) is 48.0 Å². The molecular weight excluding hydrogens is 594 g/mol. The Bertz CT molecular complexity index is 1410. The number of benzene rings is 3. The van der Waals surface area contributed by atoms with Gasteiger partial charge >= 0.3 is 0 Å². The first kappa shape index (κ1) is 31.2. The second-order valence-electron chi connectivity index (χ2n) is 9.81. The summed E-state index contributed by atoms with van der Waals surface area (Å²) in [6.07, 6.45) is 0.509. The van der Waals surface area contributed by atoms with Crippen molar-refractivity contribution in [2.45, 2.75) is 51.1 Å². The number of aryl methyl sites for hydroxylation is 1. The number of nitrogens with zero attached hydrogens (tertiary/aromatic N) is 2. The molecule has 0 spiro atoms. The van der Waals surface area contributed by atoms with E-state index in [0.29, 0.717) is 22.3 Å². The number of nitrogens with one attached hydrogen (secondary N) is 1. The summed E-state index contributed by atoms with van der Waals surface area (Å²) in [7, 11) is -2.68. The number of rotatable bonds is 12. The van der Waals surface area contributed by atoms with Gasteiger partial charge in [-0.15, -0.1) is 0 Å². The molecule has 1 N–H and O–H groups in total. The van der Waals surface area contributed by atoms with E-state index < -0.39 is 28.5 Å². The molecule has 0 heterocycles. The minimum atomic E-state index is -4.18. The Morgan fingerprint density at radius 2 is 1.62 bits per heavy atom. The third-order valence-corrected chi connectivity index (χ3v) is 8.78. The van der Waals surface area contributed by atoms with Crippen molar-refractivity contribution in [3.05, 3.63) is 88.4 Å². The van der Waals surface area contributed by atoms with Crippen molar-refractivity contribution in [2.75, 3.05) is 24.5 Å². The average molecular weight is 631 g/mol. The fourth-order valence-corrected chi connectivity index (χ4v) is 6.28. The van der Waals surface area contributed by atoms with E-state index in [2.05, 4.69) is 21.2 Å². The first-order valence-corrected chi connectivity index (χ1v) is 15.2. The van der Waals surface area contributed by atoms with Crippen LogP contribution in [0.15, 0.2) is 82.2 Å². The lowest BCUT2D eigenvalue weighted by Gasteiger charge is -2.32. The largest absolute Gasteiger partial charge is 0.496 e. The molecule has 40 heavy (non-hydrogen) atoms. The van der Waals surface area contributed by atoms with Crippen LogP contribution in [-0.4, -0.2) is 57.4 Å². The molecule has 3 rings (SSSR count). The summed E-state index contributed by atoms with van der Waals surface area (Å²) in [5.41, 5.74) is 2.29. The first-order chi connectivity index (χ1) is 18.9. The summed E-state index contributed by atoms with van der Waals surface area (Å²) in [5.74, 6) is -0.312. The van der Waals surface area contributed by atoms with E-state index in [1.54, 1.807) is 37.3 Å². The van der Waals surface area contributed by atoms with Crippen molar-refractivity contribution in [2.24, 2.45) is 0 Å². The maximum Gasteiger partial charge on any atom is 0.264 e. The fraction of sp³-hybridized carbons (Fsp3) is 0.333. The summed E-state index contributed by atoms with van der Waals surface area (Å²) < 4.78 is 34.7. The number of methoxy groups -OCH3 is 1. The second-order valence-corrected chi connectivity index (χ2v) is 12.5. The molecule has 0 bridgehead atoms. The molecule has 2 amide bonds. The number of hydrogen-bond donors (Lipinski definition) is 1. The fourth-order valence-electron chi connectivity index (χ4n) is 4.15. The van der Waals surface area contributed by atoms with Crippen molar-refractivity contribution in [3.63, 3.8) is 0 Å². The average Bonchev–Trinajstić information content (AvgIpc) is 2.92. The molecule has 0 radical (unpaired) electrons. The van der Waals surface area contributed by atoms with E-state index >= 15 is 0 Å². The molecule has 3 aromatic carbocycles. The first-order valence-electron chi connectivity index (χ1n) is 13.0. The highest BCUT2D eigenvalue weighted by Gasteiger charge is 2.32. The van der Waals surface area contributed by atoms with Crippen molar-refractivity contribution >= 4 is 43.5 Å². The van der Waals surface area contributed by atoms with Crippen LogP contribution in [0.5, 0.6) is 5.75 Å². The van der Waals surface area contributed by atoms with Crippen LogP contribution >= 0.6 is 15.9 Å². The van der Waals surface area contributed by atoms with Crippen LogP contribution in [-0.2, 0) is 26.0 Å². The summed E-state index contributed by atoms with van der Waals surface area (Å²) in [6.45, 7) is 7.01. The third-order valence-electron chi connectivity index (χ3n) is 6.39. The van der Waals surface area contributed by atoms with E-state index in [9.17, 15) is 18.0 Å². The number of carbonyl (C=O) groups is 2. The molecule has 0 saturated carbocycles. The van der Waals surface area contributed by atoms with Crippen LogP contribution < -0.4 is 14.4 Å². The van der Waals surface area contributed by atoms with Crippen LogP contribution in [0.3, 0.4) is 0 Å². The van der Waals surface area contributed by atoms with E-state index in [0.717, 1.165) is 15.4 Å². The lowest BCUT2D eigenvalue weighted by molar-refractivity contribution is -0.139. The zero-order valence-corrected chi connectivity index (χ0v) is 25.8. The molecule has 1 unspecified atom stereocenters. The van der Waals surface area contributed by atoms with Crippen LogP contribution in [0.25, 0.3) is 0 Å². The van der Waals surface area contributed by atoms with Crippen LogP contribution in [0.2, 0.25) is 0 Å². The van der Waals surface area contributed by atoms with Gasteiger partial charge in [0.15, 0.2) is 0 Å². The molecule has 0 aliphatic heterocycles. The highest BCUT2D eigenvalue weighted by molar-refractivity contribution is 9.10. The topological polar surface area (TPSA) is 96.0 Å². The quantitative estimate of drug-likeness (QED) is 0.306. The smallest absolute Gasteiger partial charge is 0.264 e. The molecule has 8 nitrogen and oxygen atoms in total. The van der Waals surface area contributed by atoms with Gasteiger partial charge in [-0.2, -0.15) is 0 Å². The maximum absolute atomic E-state index is 14.0. The normalized spacial score (nSPS) is 12.1. The molecular formula is C30H36BrN3O5S. The van der Waals surface area contributed by atoms with Gasteiger partial charge < -0.3 is 15.0 Å². The van der Waals surface area contributed by atoms with Gasteiger partial charge in [0, 0.05) is 12.6 Å². The standard InChI is InChI=1S/C30H36BrN3O5S/c1-21(2)32-30(36)23(4)33(18-17-24-9-7-6-8-10-24)29(35)20-34(25-13-11-22(3)12-14-25)40(37,38)26-15-16-28(39-5)27(31)19-26/h6-16,19,21,23H,17-18,20H2,1-5H3,(H,32,36). The van der Waals surface area contributed by atoms with E-state index in [1.165, 1.54) is 24.1 Å². The summed E-state index contributed by atoms with van der Waals surface area (Å²) >= 11 is 3.36. The highest BCUT2D eigenvalue weighted by atomic mass is 79.9. The zero-order valence-electron chi connectivity index (χ0n) is 23.4. The van der Waals surface area contributed by atoms with Gasteiger partial charge in [0.2, 0.25) is 11.8 Å². The van der Waals surface area contributed by atoms with Gasteiger partial charge in [-0.25, -0.2) is 8.42 Å². The van der Waals surface area contributed by atoms with Crippen molar-refractivity contribution in [1.82, 2.24) is 10.2 Å². The van der Waals surface area contributed by atoms with E-state index in [1.807, 2.05) is 51.1 Å². The number of sulfonamides is 1. The highest BCUT2D eigenvalue weighted by Crippen LogP contribution is 2.31. The number of anilines is 1. The van der Waals surface area contributed by atoms with Crippen molar-refractivity contribution in [1.29, 1.82) is 0 Å². The van der Waals surface area contributed by atoms with Gasteiger partial charge in [0.05, 0.1) is 22.2 Å². The Balaban J connectivity index is 2.00. The molecule has 1 atom stereocenters. The van der Waals surface area contributed by atoms with Crippen molar-refractivity contribution in [3.8, 4) is 5.75 Å². The van der Waals surface area contributed by atoms with Crippen LogP contribution in [0, 0.1) is 6.92 Å². The Hall–Kier alpha value is -3.37. The summed E-state index contributed by atoms with van der Waals surface area (Å²) in [6, 6.07) is 20.1. The molecule has 0 aliphatic rings. The van der Waals surface area contributed by atoms with Gasteiger partial charge in [0.25, 0.3) is 10.0 Å². The molecule has 10 heteroatoms. The van der Waals surface area contributed by atoms with Gasteiger partial charge in [-0.3, -0.25) is 13.9 Å². The molecule has 0 aromatic heterocycles. The number of carbonyl (C=O) groups excluding carboxylic acids is 2.